The fourth-order valence-electron chi connectivity index (χ4n) is 8.76. The number of carbonyl (C=O) groups is 1. The second-order valence-electron chi connectivity index (χ2n) is 17.0. The number of nitrogens with one attached hydrogen (secondary N) is 1. The molecular formula is C47H67N4O8PSn. The number of aliphatic hydroxyl groups is 1. The van der Waals surface area contributed by atoms with Gasteiger partial charge in [0.2, 0.25) is 0 Å². The Morgan fingerprint density at radius 3 is 2.10 bits per heavy atom. The molecule has 0 amide bonds. The molecule has 0 radical (unpaired) electrons. The molecule has 1 aliphatic carbocycles. The van der Waals surface area contributed by atoms with Gasteiger partial charge in [0.1, 0.15) is 0 Å². The number of benzene rings is 2. The summed E-state index contributed by atoms with van der Waals surface area (Å²) < 4.78 is 34.8. The van der Waals surface area contributed by atoms with Crippen molar-refractivity contribution < 1.29 is 28.4 Å². The van der Waals surface area contributed by atoms with E-state index < -0.39 is 68.7 Å². The number of carbonyl (C=O) groups excluding carboxylic acids is 1. The number of aromatic amines is 1. The standard InChI is InChI=1S/C35H40N4O8P.3C4H9.Sn/c1-6-23-19-38(35(43)37-33(23)41)30-18-29(47-48(45-17-11-16-36)39(21(2)3)22(4)5)32(46-30)31(40)34(42)44-20-28-26-14-9-7-12-24(26)25-13-8-10-15-27(25)28;3*1-3-4-2;/h1,6-10,12-15,19,21-22,28-32,40H,11,17-18,20H2,2-5H3,(H,37,41,43);3*1,3-4H2,2H3;/t29-,30+,31?,32-,48?;;;;/m0..../s1. The van der Waals surface area contributed by atoms with E-state index in [0.717, 1.165) is 41.5 Å². The van der Waals surface area contributed by atoms with Crippen molar-refractivity contribution in [3.8, 4) is 17.2 Å². The summed E-state index contributed by atoms with van der Waals surface area (Å²) in [6.07, 6.45) is 5.58. The molecule has 1 aliphatic heterocycles. The van der Waals surface area contributed by atoms with Gasteiger partial charge < -0.3 is 0 Å². The first-order valence-corrected chi connectivity index (χ1v) is 31.2. The van der Waals surface area contributed by atoms with Crippen LogP contribution < -0.4 is 11.2 Å². The van der Waals surface area contributed by atoms with Crippen LogP contribution in [0.15, 0.2) is 68.4 Å². The van der Waals surface area contributed by atoms with E-state index in [-0.39, 0.29) is 44.1 Å². The number of ether oxygens (including phenoxy) is 2. The zero-order chi connectivity index (χ0) is 44.1. The first-order valence-electron chi connectivity index (χ1n) is 22.4. The monoisotopic (exact) mass is 966 g/mol. The Morgan fingerprint density at radius 2 is 1.56 bits per heavy atom. The molecule has 1 saturated heterocycles. The summed E-state index contributed by atoms with van der Waals surface area (Å²) in [5, 5.41) is 21.2. The molecule has 2 aromatic carbocycles. The van der Waals surface area contributed by atoms with Crippen LogP contribution in [-0.2, 0) is 23.3 Å². The van der Waals surface area contributed by atoms with Crippen LogP contribution in [0.1, 0.15) is 129 Å². The number of nitriles is 1. The topological polar surface area (TPSA) is 156 Å². The first kappa shape index (κ1) is 48.9. The molecule has 1 aromatic heterocycles. The number of fused-ring (bicyclic) bond motifs is 3. The quantitative estimate of drug-likeness (QED) is 0.0384. The minimum absolute atomic E-state index is 0.000390. The van der Waals surface area contributed by atoms with E-state index >= 15 is 0 Å². The van der Waals surface area contributed by atoms with Crippen molar-refractivity contribution in [1.29, 1.82) is 5.26 Å². The van der Waals surface area contributed by atoms with Crippen LogP contribution in [0, 0.1) is 11.3 Å². The Kier molecular flexibility index (Phi) is 18.8. The van der Waals surface area contributed by atoms with E-state index in [1.54, 1.807) is 6.20 Å². The molecule has 2 N–H and O–H groups in total. The third-order valence-electron chi connectivity index (χ3n) is 11.9. The normalized spacial score (nSPS) is 18.8. The number of esters is 1. The van der Waals surface area contributed by atoms with Gasteiger partial charge in [0.15, 0.2) is 0 Å². The van der Waals surface area contributed by atoms with Gasteiger partial charge in [-0.05, 0) is 49.9 Å². The number of hydrogen-bond acceptors (Lipinski definition) is 10. The zero-order valence-corrected chi connectivity index (χ0v) is 40.9. The second kappa shape index (κ2) is 23.5. The molecule has 14 heteroatoms. The fourth-order valence-corrected chi connectivity index (χ4v) is 24.7. The molecule has 0 spiro atoms. The summed E-state index contributed by atoms with van der Waals surface area (Å²) in [6.45, 7) is 14.9. The average molecular weight is 966 g/mol. The second-order valence-corrected chi connectivity index (χ2v) is 31.5. The number of rotatable bonds is 24. The first-order chi connectivity index (χ1) is 29.4. The third-order valence-corrected chi connectivity index (χ3v) is 28.1. The van der Waals surface area contributed by atoms with Crippen molar-refractivity contribution in [1.82, 2.24) is 14.2 Å². The number of H-pyrrole nitrogens is 1. The van der Waals surface area contributed by atoms with Crippen LogP contribution >= 0.6 is 8.53 Å². The summed E-state index contributed by atoms with van der Waals surface area (Å²) in [5.74, 6) is -1.10. The number of unbranched alkanes of at least 4 members (excludes halogenated alkanes) is 3. The van der Waals surface area contributed by atoms with E-state index in [1.165, 1.54) is 37.1 Å². The molecule has 332 valence electrons. The van der Waals surface area contributed by atoms with Gasteiger partial charge in [-0.2, -0.15) is 5.26 Å². The van der Waals surface area contributed by atoms with Gasteiger partial charge in [0, 0.05) is 5.92 Å². The Morgan fingerprint density at radius 1 is 0.984 bits per heavy atom. The van der Waals surface area contributed by atoms with Gasteiger partial charge in [-0.1, -0.05) is 48.5 Å². The summed E-state index contributed by atoms with van der Waals surface area (Å²) in [4.78, 5) is 43.4. The van der Waals surface area contributed by atoms with Gasteiger partial charge in [0.25, 0.3) is 0 Å². The van der Waals surface area contributed by atoms with Gasteiger partial charge in [-0.3, -0.25) is 0 Å². The molecule has 12 nitrogen and oxygen atoms in total. The molecular weight excluding hydrogens is 898 g/mol. The van der Waals surface area contributed by atoms with Crippen LogP contribution in [0.2, 0.25) is 13.3 Å². The molecule has 1 fully saturated rings. The molecule has 5 atom stereocenters. The zero-order valence-electron chi connectivity index (χ0n) is 37.2. The predicted octanol–water partition coefficient (Wildman–Crippen LogP) is 9.60. The van der Waals surface area contributed by atoms with Crippen LogP contribution in [0.25, 0.3) is 17.2 Å². The maximum atomic E-state index is 13.9. The van der Waals surface area contributed by atoms with E-state index in [9.17, 15) is 24.8 Å². The van der Waals surface area contributed by atoms with Crippen molar-refractivity contribution in [2.45, 2.75) is 156 Å². The summed E-state index contributed by atoms with van der Waals surface area (Å²) in [6, 6.07) is 18.1. The summed E-state index contributed by atoms with van der Waals surface area (Å²) in [7, 11) is -1.82. The molecule has 0 saturated carbocycles. The van der Waals surface area contributed by atoms with Crippen molar-refractivity contribution in [3.05, 3.63) is 96.3 Å². The number of aliphatic hydroxyl groups excluding tert-OH is 1. The fraction of sp³-hybridized carbons (Fsp3) is 0.574. The van der Waals surface area contributed by atoms with Crippen LogP contribution in [0.3, 0.4) is 0 Å². The van der Waals surface area contributed by atoms with E-state index in [1.807, 2.05) is 70.2 Å². The molecule has 0 bridgehead atoms. The number of aromatic nitrogens is 2. The predicted molar refractivity (Wildman–Crippen MR) is 245 cm³/mol. The van der Waals surface area contributed by atoms with E-state index in [4.69, 9.17) is 18.5 Å². The van der Waals surface area contributed by atoms with Crippen LogP contribution in [-0.4, -0.2) is 87.3 Å². The molecule has 2 aliphatic rings. The maximum absolute atomic E-state index is 13.9. The average Bonchev–Trinajstić information content (AvgIpc) is 3.81. The van der Waals surface area contributed by atoms with Crippen LogP contribution in [0.4, 0.5) is 0 Å². The van der Waals surface area contributed by atoms with Crippen molar-refractivity contribution in [3.63, 3.8) is 0 Å². The summed E-state index contributed by atoms with van der Waals surface area (Å²) >= 11 is -2.82. The van der Waals surface area contributed by atoms with Crippen molar-refractivity contribution in [2.24, 2.45) is 0 Å². The molecule has 61 heavy (non-hydrogen) atoms. The Balaban J connectivity index is 1.47. The SMILES string of the molecule is CCC[CH2][Sn]([CH]=Cc1cn([C@H]2C[C@H](OP(OCCC#N)N(C(C)C)C(C)C)[C@@H](C(O)C(=O)OCC3c4ccccc4-c4ccccc43)O2)c(=O)[nH]c1=O)([CH2]CCC)[CH2]CCC. The Labute approximate surface area is 367 Å². The minimum atomic E-state index is -2.82. The number of nitrogens with zero attached hydrogens (tertiary/aromatic N) is 3. The Hall–Kier alpha value is -3.15. The summed E-state index contributed by atoms with van der Waals surface area (Å²) in [5.41, 5.74) is 3.46. The van der Waals surface area contributed by atoms with Crippen molar-refractivity contribution in [2.75, 3.05) is 13.2 Å². The van der Waals surface area contributed by atoms with Crippen molar-refractivity contribution >= 4 is 38.9 Å². The number of hydrogen-bond donors (Lipinski definition) is 2. The van der Waals surface area contributed by atoms with E-state index in [0.29, 0.717) is 5.56 Å². The third kappa shape index (κ3) is 12.3. The van der Waals surface area contributed by atoms with Crippen LogP contribution in [0.5, 0.6) is 0 Å². The molecule has 2 unspecified atom stereocenters. The van der Waals surface area contributed by atoms with Gasteiger partial charge in [-0.15, -0.1) is 0 Å². The molecule has 3 aromatic rings. The van der Waals surface area contributed by atoms with Gasteiger partial charge >= 0.3 is 247 Å². The molecule has 2 heterocycles. The van der Waals surface area contributed by atoms with E-state index in [2.05, 4.69) is 52.7 Å². The Bertz CT molecular complexity index is 2010. The molecule has 5 rings (SSSR count). The van der Waals surface area contributed by atoms with Gasteiger partial charge in [0.05, 0.1) is 12.5 Å². The van der Waals surface area contributed by atoms with Gasteiger partial charge in [-0.25, -0.2) is 0 Å².